The molecule has 0 saturated carbocycles. The molecule has 62 valence electrons. The lowest BCUT2D eigenvalue weighted by Crippen LogP contribution is -2.39. The average Bonchev–Trinajstić information content (AvgIpc) is 2.01. The Kier molecular flexibility index (Phi) is 3.11. The molecule has 1 heterocycles. The number of nitrogens with two attached hydrogens (primary N) is 1. The molecule has 1 aliphatic rings. The Hall–Kier alpha value is -0.830. The van der Waals surface area contributed by atoms with Crippen molar-refractivity contribution in [3.05, 3.63) is 12.3 Å². The van der Waals surface area contributed by atoms with E-state index in [1.54, 1.807) is 0 Å². The molecule has 0 bridgehead atoms. The van der Waals surface area contributed by atoms with Gasteiger partial charge in [0.15, 0.2) is 0 Å². The first-order valence-corrected chi connectivity index (χ1v) is 3.94. The molecule has 3 heteroatoms. The van der Waals surface area contributed by atoms with Crippen LogP contribution in [0.5, 0.6) is 0 Å². The van der Waals surface area contributed by atoms with Crippen molar-refractivity contribution in [1.82, 2.24) is 4.90 Å². The number of rotatable bonds is 2. The zero-order valence-electron chi connectivity index (χ0n) is 6.57. The van der Waals surface area contributed by atoms with Crippen LogP contribution in [0, 0.1) is 0 Å². The number of carbonyl (C=O) groups is 1. The number of nitrogens with zero attached hydrogens (tertiary/aromatic N) is 1. The SMILES string of the molecule is NC1CCCN(C=CC=O)C1. The van der Waals surface area contributed by atoms with Crippen LogP contribution in [0.4, 0.5) is 0 Å². The van der Waals surface area contributed by atoms with Crippen LogP contribution in [0.3, 0.4) is 0 Å². The molecular weight excluding hydrogens is 140 g/mol. The standard InChI is InChI=1S/C8H14N2O/c9-8-3-1-4-10(7-8)5-2-6-11/h2,5-6,8H,1,3-4,7,9H2. The van der Waals surface area contributed by atoms with Crippen LogP contribution in [0.1, 0.15) is 12.8 Å². The first kappa shape index (κ1) is 8.27. The van der Waals surface area contributed by atoms with Gasteiger partial charge in [-0.2, -0.15) is 0 Å². The molecule has 0 spiro atoms. The number of hydrogen-bond acceptors (Lipinski definition) is 3. The summed E-state index contributed by atoms with van der Waals surface area (Å²) >= 11 is 0. The number of carbonyl (C=O) groups excluding carboxylic acids is 1. The molecule has 0 aromatic heterocycles. The van der Waals surface area contributed by atoms with Crippen molar-refractivity contribution < 1.29 is 4.79 Å². The summed E-state index contributed by atoms with van der Waals surface area (Å²) in [7, 11) is 0. The van der Waals surface area contributed by atoms with Gasteiger partial charge in [0.2, 0.25) is 0 Å². The lowest BCUT2D eigenvalue weighted by molar-refractivity contribution is -0.104. The van der Waals surface area contributed by atoms with Crippen LogP contribution in [0.25, 0.3) is 0 Å². The summed E-state index contributed by atoms with van der Waals surface area (Å²) in [6.45, 7) is 1.91. The van der Waals surface area contributed by atoms with Gasteiger partial charge in [0, 0.05) is 25.3 Å². The van der Waals surface area contributed by atoms with Crippen molar-refractivity contribution >= 4 is 6.29 Å². The summed E-state index contributed by atoms with van der Waals surface area (Å²) in [6, 6.07) is 0.278. The molecule has 0 amide bonds. The van der Waals surface area contributed by atoms with Gasteiger partial charge in [-0.15, -0.1) is 0 Å². The quantitative estimate of drug-likeness (QED) is 0.454. The fraction of sp³-hybridized carbons (Fsp3) is 0.625. The Morgan fingerprint density at radius 3 is 3.00 bits per heavy atom. The number of hydrogen-bond donors (Lipinski definition) is 1. The molecular formula is C8H14N2O. The summed E-state index contributed by atoms with van der Waals surface area (Å²) < 4.78 is 0. The van der Waals surface area contributed by atoms with E-state index in [9.17, 15) is 4.79 Å². The lowest BCUT2D eigenvalue weighted by atomic mass is 10.1. The van der Waals surface area contributed by atoms with Crippen molar-refractivity contribution in [1.29, 1.82) is 0 Å². The van der Waals surface area contributed by atoms with Gasteiger partial charge in [0.05, 0.1) is 0 Å². The summed E-state index contributed by atoms with van der Waals surface area (Å²) in [6.07, 6.45) is 6.35. The highest BCUT2D eigenvalue weighted by Crippen LogP contribution is 2.07. The Morgan fingerprint density at radius 2 is 2.36 bits per heavy atom. The van der Waals surface area contributed by atoms with Gasteiger partial charge in [-0.05, 0) is 18.9 Å². The average molecular weight is 154 g/mol. The highest BCUT2D eigenvalue weighted by Gasteiger charge is 2.12. The number of likely N-dealkylation sites (tertiary alicyclic amines) is 1. The molecule has 1 fully saturated rings. The molecule has 1 aliphatic heterocycles. The van der Waals surface area contributed by atoms with Crippen LogP contribution in [-0.4, -0.2) is 30.3 Å². The molecule has 11 heavy (non-hydrogen) atoms. The second kappa shape index (κ2) is 4.13. The minimum absolute atomic E-state index is 0.278. The normalized spacial score (nSPS) is 25.9. The lowest BCUT2D eigenvalue weighted by Gasteiger charge is -2.29. The van der Waals surface area contributed by atoms with Crippen LogP contribution >= 0.6 is 0 Å². The molecule has 1 rings (SSSR count). The predicted molar refractivity (Wildman–Crippen MR) is 44.0 cm³/mol. The van der Waals surface area contributed by atoms with Crippen molar-refractivity contribution in [3.8, 4) is 0 Å². The van der Waals surface area contributed by atoms with Crippen molar-refractivity contribution in [3.63, 3.8) is 0 Å². The maximum atomic E-state index is 9.98. The third-order valence-corrected chi connectivity index (χ3v) is 1.86. The molecule has 2 N–H and O–H groups in total. The molecule has 1 saturated heterocycles. The largest absolute Gasteiger partial charge is 0.376 e. The Morgan fingerprint density at radius 1 is 1.55 bits per heavy atom. The summed E-state index contributed by atoms with van der Waals surface area (Å²) in [5.41, 5.74) is 5.73. The van der Waals surface area contributed by atoms with Crippen LogP contribution in [0.2, 0.25) is 0 Å². The topological polar surface area (TPSA) is 46.3 Å². The van der Waals surface area contributed by atoms with E-state index >= 15 is 0 Å². The van der Waals surface area contributed by atoms with Gasteiger partial charge < -0.3 is 10.6 Å². The number of aldehydes is 1. The van der Waals surface area contributed by atoms with E-state index in [1.807, 2.05) is 6.20 Å². The maximum absolute atomic E-state index is 9.98. The predicted octanol–water partition coefficient (Wildman–Crippen LogP) is 0.122. The molecule has 1 atom stereocenters. The Labute approximate surface area is 66.9 Å². The van der Waals surface area contributed by atoms with Gasteiger partial charge in [0.1, 0.15) is 6.29 Å². The van der Waals surface area contributed by atoms with Crippen molar-refractivity contribution in [2.75, 3.05) is 13.1 Å². The monoisotopic (exact) mass is 154 g/mol. The van der Waals surface area contributed by atoms with Crippen LogP contribution in [0.15, 0.2) is 12.3 Å². The van der Waals surface area contributed by atoms with Gasteiger partial charge in [0.25, 0.3) is 0 Å². The highest BCUT2D eigenvalue weighted by atomic mass is 16.1. The number of piperidine rings is 1. The minimum atomic E-state index is 0.278. The maximum Gasteiger partial charge on any atom is 0.144 e. The van der Waals surface area contributed by atoms with E-state index in [1.165, 1.54) is 6.08 Å². The van der Waals surface area contributed by atoms with Crippen LogP contribution < -0.4 is 5.73 Å². The summed E-state index contributed by atoms with van der Waals surface area (Å²) in [4.78, 5) is 12.1. The zero-order valence-corrected chi connectivity index (χ0v) is 6.57. The molecule has 0 radical (unpaired) electrons. The Balaban J connectivity index is 2.33. The second-order valence-electron chi connectivity index (χ2n) is 2.87. The van der Waals surface area contributed by atoms with E-state index in [0.717, 1.165) is 32.2 Å². The van der Waals surface area contributed by atoms with E-state index in [-0.39, 0.29) is 6.04 Å². The summed E-state index contributed by atoms with van der Waals surface area (Å²) in [5.74, 6) is 0. The fourth-order valence-electron chi connectivity index (χ4n) is 1.33. The zero-order chi connectivity index (χ0) is 8.10. The third kappa shape index (κ3) is 2.72. The molecule has 0 aromatic rings. The third-order valence-electron chi connectivity index (χ3n) is 1.86. The first-order valence-electron chi connectivity index (χ1n) is 3.94. The highest BCUT2D eigenvalue weighted by molar-refractivity contribution is 5.64. The first-order chi connectivity index (χ1) is 5.33. The van der Waals surface area contributed by atoms with Gasteiger partial charge in [-0.25, -0.2) is 0 Å². The van der Waals surface area contributed by atoms with Crippen molar-refractivity contribution in [2.45, 2.75) is 18.9 Å². The summed E-state index contributed by atoms with van der Waals surface area (Å²) in [5, 5.41) is 0. The molecule has 1 unspecified atom stereocenters. The van der Waals surface area contributed by atoms with Gasteiger partial charge in [-0.3, -0.25) is 4.79 Å². The molecule has 0 aliphatic carbocycles. The van der Waals surface area contributed by atoms with Gasteiger partial charge in [-0.1, -0.05) is 0 Å². The second-order valence-corrected chi connectivity index (χ2v) is 2.87. The Bertz CT molecular complexity index is 156. The minimum Gasteiger partial charge on any atom is -0.376 e. The molecule has 3 nitrogen and oxygen atoms in total. The van der Waals surface area contributed by atoms with Gasteiger partial charge >= 0.3 is 0 Å². The van der Waals surface area contributed by atoms with E-state index in [0.29, 0.717) is 0 Å². The number of allylic oxidation sites excluding steroid dienone is 1. The molecule has 0 aromatic carbocycles. The van der Waals surface area contributed by atoms with E-state index < -0.39 is 0 Å². The van der Waals surface area contributed by atoms with Crippen molar-refractivity contribution in [2.24, 2.45) is 5.73 Å². The fourth-order valence-corrected chi connectivity index (χ4v) is 1.33. The smallest absolute Gasteiger partial charge is 0.144 e. The van der Waals surface area contributed by atoms with Crippen LogP contribution in [-0.2, 0) is 4.79 Å². The van der Waals surface area contributed by atoms with E-state index in [4.69, 9.17) is 5.73 Å². The van der Waals surface area contributed by atoms with E-state index in [2.05, 4.69) is 4.90 Å².